The molecule has 0 aliphatic rings. The summed E-state index contributed by atoms with van der Waals surface area (Å²) in [5.74, 6) is -0.729. The third-order valence-corrected chi connectivity index (χ3v) is 3.31. The van der Waals surface area contributed by atoms with E-state index in [2.05, 4.69) is 49.9 Å². The maximum absolute atomic E-state index is 10.7. The van der Waals surface area contributed by atoms with Crippen LogP contribution in [-0.2, 0) is 4.79 Å². The molecule has 0 saturated carbocycles. The Bertz CT molecular complexity index is 373. The quantitative estimate of drug-likeness (QED) is 0.806. The minimum absolute atomic E-state index is 0.205. The van der Waals surface area contributed by atoms with Crippen LogP contribution in [0.25, 0.3) is 0 Å². The molecule has 0 spiro atoms. The number of carboxylic acid groups (broad SMARTS) is 1. The average Bonchev–Trinajstić information content (AvgIpc) is 2.35. The molecule has 0 saturated heterocycles. The van der Waals surface area contributed by atoms with E-state index in [9.17, 15) is 4.79 Å². The lowest BCUT2D eigenvalue weighted by atomic mass is 10.0. The fourth-order valence-corrected chi connectivity index (χ4v) is 2.27. The van der Waals surface area contributed by atoms with E-state index < -0.39 is 5.97 Å². The number of benzene rings is 1. The molecule has 0 fully saturated rings. The van der Waals surface area contributed by atoms with Gasteiger partial charge in [-0.1, -0.05) is 43.7 Å². The molecule has 0 aliphatic heterocycles. The van der Waals surface area contributed by atoms with E-state index >= 15 is 0 Å². The average molecular weight is 249 g/mol. The van der Waals surface area contributed by atoms with Crippen molar-refractivity contribution in [3.05, 3.63) is 35.4 Å². The highest BCUT2D eigenvalue weighted by Gasteiger charge is 2.17. The predicted octanol–water partition coefficient (Wildman–Crippen LogP) is 3.24. The smallest absolute Gasteiger partial charge is 0.304 e. The van der Waals surface area contributed by atoms with Crippen molar-refractivity contribution >= 4 is 5.97 Å². The second-order valence-corrected chi connectivity index (χ2v) is 4.61. The number of aryl methyl sites for hydroxylation is 1. The van der Waals surface area contributed by atoms with Gasteiger partial charge < -0.3 is 5.11 Å². The Balaban J connectivity index is 2.78. The molecule has 18 heavy (non-hydrogen) atoms. The molecule has 0 heterocycles. The fourth-order valence-electron chi connectivity index (χ4n) is 2.27. The van der Waals surface area contributed by atoms with Crippen LogP contribution < -0.4 is 0 Å². The Labute approximate surface area is 109 Å². The van der Waals surface area contributed by atoms with Crippen LogP contribution in [0.3, 0.4) is 0 Å². The van der Waals surface area contributed by atoms with Gasteiger partial charge in [0.05, 0.1) is 6.42 Å². The summed E-state index contributed by atoms with van der Waals surface area (Å²) >= 11 is 0. The first-order valence-electron chi connectivity index (χ1n) is 6.60. The van der Waals surface area contributed by atoms with Gasteiger partial charge in [0.2, 0.25) is 0 Å². The van der Waals surface area contributed by atoms with Crippen LogP contribution in [0.5, 0.6) is 0 Å². The lowest BCUT2D eigenvalue weighted by Crippen LogP contribution is -2.30. The van der Waals surface area contributed by atoms with E-state index in [1.54, 1.807) is 0 Å². The fraction of sp³-hybridized carbons (Fsp3) is 0.533. The molecule has 0 aliphatic carbocycles. The zero-order valence-corrected chi connectivity index (χ0v) is 11.5. The van der Waals surface area contributed by atoms with Crippen molar-refractivity contribution in [3.63, 3.8) is 0 Å². The van der Waals surface area contributed by atoms with Gasteiger partial charge in [-0.2, -0.15) is 0 Å². The SMILES string of the molecule is CCC(c1ccc(C)cc1)N(CC)CCC(=O)O. The number of rotatable bonds is 7. The van der Waals surface area contributed by atoms with Crippen LogP contribution >= 0.6 is 0 Å². The second kappa shape index (κ2) is 7.17. The molecule has 100 valence electrons. The van der Waals surface area contributed by atoms with Crippen molar-refractivity contribution in [1.29, 1.82) is 0 Å². The Hall–Kier alpha value is -1.35. The van der Waals surface area contributed by atoms with E-state index in [-0.39, 0.29) is 6.42 Å². The lowest BCUT2D eigenvalue weighted by molar-refractivity contribution is -0.137. The zero-order valence-electron chi connectivity index (χ0n) is 11.5. The Kier molecular flexibility index (Phi) is 5.86. The van der Waals surface area contributed by atoms with Gasteiger partial charge in [-0.15, -0.1) is 0 Å². The number of aliphatic carboxylic acids is 1. The number of hydrogen-bond acceptors (Lipinski definition) is 2. The first-order chi connectivity index (χ1) is 8.58. The highest BCUT2D eigenvalue weighted by molar-refractivity contribution is 5.66. The molecule has 3 nitrogen and oxygen atoms in total. The van der Waals surface area contributed by atoms with Crippen molar-refractivity contribution in [1.82, 2.24) is 4.90 Å². The molecule has 1 rings (SSSR count). The molecule has 1 N–H and O–H groups in total. The molecular weight excluding hydrogens is 226 g/mol. The molecule has 1 aromatic rings. The van der Waals surface area contributed by atoms with Gasteiger partial charge in [-0.25, -0.2) is 0 Å². The summed E-state index contributed by atoms with van der Waals surface area (Å²) in [6.45, 7) is 7.79. The number of nitrogens with zero attached hydrogens (tertiary/aromatic N) is 1. The largest absolute Gasteiger partial charge is 0.481 e. The van der Waals surface area contributed by atoms with Crippen LogP contribution in [0, 0.1) is 6.92 Å². The summed E-state index contributed by atoms with van der Waals surface area (Å²) in [6, 6.07) is 8.83. The summed E-state index contributed by atoms with van der Waals surface area (Å²) in [4.78, 5) is 12.9. The van der Waals surface area contributed by atoms with Gasteiger partial charge in [0.15, 0.2) is 0 Å². The highest BCUT2D eigenvalue weighted by atomic mass is 16.4. The molecule has 0 radical (unpaired) electrons. The van der Waals surface area contributed by atoms with Gasteiger partial charge >= 0.3 is 5.97 Å². The third-order valence-electron chi connectivity index (χ3n) is 3.31. The standard InChI is InChI=1S/C15H23NO2/c1-4-14(13-8-6-12(3)7-9-13)16(5-2)11-10-15(17)18/h6-9,14H,4-5,10-11H2,1-3H3,(H,17,18). The second-order valence-electron chi connectivity index (χ2n) is 4.61. The predicted molar refractivity (Wildman–Crippen MR) is 73.7 cm³/mol. The third kappa shape index (κ3) is 4.15. The monoisotopic (exact) mass is 249 g/mol. The van der Waals surface area contributed by atoms with Crippen LogP contribution in [0.1, 0.15) is 43.9 Å². The van der Waals surface area contributed by atoms with Gasteiger partial charge in [0.25, 0.3) is 0 Å². The Morgan fingerprint density at radius 2 is 1.89 bits per heavy atom. The zero-order chi connectivity index (χ0) is 13.5. The summed E-state index contributed by atoms with van der Waals surface area (Å²) in [7, 11) is 0. The topological polar surface area (TPSA) is 40.5 Å². The molecule has 1 aromatic carbocycles. The van der Waals surface area contributed by atoms with Crippen LogP contribution in [0.15, 0.2) is 24.3 Å². The molecule has 0 aromatic heterocycles. The molecule has 1 unspecified atom stereocenters. The molecule has 0 bridgehead atoms. The van der Waals surface area contributed by atoms with E-state index in [0.717, 1.165) is 13.0 Å². The highest BCUT2D eigenvalue weighted by Crippen LogP contribution is 2.24. The number of carbonyl (C=O) groups is 1. The van der Waals surface area contributed by atoms with Gasteiger partial charge in [0.1, 0.15) is 0 Å². The maximum Gasteiger partial charge on any atom is 0.304 e. The van der Waals surface area contributed by atoms with Gasteiger partial charge in [-0.3, -0.25) is 9.69 Å². The van der Waals surface area contributed by atoms with Gasteiger partial charge in [0, 0.05) is 12.6 Å². The van der Waals surface area contributed by atoms with E-state index in [1.165, 1.54) is 11.1 Å². The lowest BCUT2D eigenvalue weighted by Gasteiger charge is -2.30. The molecule has 1 atom stereocenters. The molecule has 3 heteroatoms. The minimum atomic E-state index is -0.729. The molecular formula is C15H23NO2. The molecule has 0 amide bonds. The first kappa shape index (κ1) is 14.7. The van der Waals surface area contributed by atoms with E-state index in [0.29, 0.717) is 12.6 Å². The van der Waals surface area contributed by atoms with E-state index in [4.69, 9.17) is 5.11 Å². The van der Waals surface area contributed by atoms with Crippen molar-refractivity contribution in [2.24, 2.45) is 0 Å². The first-order valence-corrected chi connectivity index (χ1v) is 6.60. The summed E-state index contributed by atoms with van der Waals surface area (Å²) in [6.07, 6.45) is 1.20. The van der Waals surface area contributed by atoms with E-state index in [1.807, 2.05) is 0 Å². The number of carboxylic acids is 1. The Morgan fingerprint density at radius 1 is 1.28 bits per heavy atom. The van der Waals surface area contributed by atoms with Crippen LogP contribution in [0.4, 0.5) is 0 Å². The minimum Gasteiger partial charge on any atom is -0.481 e. The maximum atomic E-state index is 10.7. The van der Waals surface area contributed by atoms with Crippen LogP contribution in [-0.4, -0.2) is 29.1 Å². The number of hydrogen-bond donors (Lipinski definition) is 1. The summed E-state index contributed by atoms with van der Waals surface area (Å²) < 4.78 is 0. The normalized spacial score (nSPS) is 12.7. The Morgan fingerprint density at radius 3 is 2.33 bits per heavy atom. The van der Waals surface area contributed by atoms with Crippen molar-refractivity contribution in [3.8, 4) is 0 Å². The van der Waals surface area contributed by atoms with Crippen molar-refractivity contribution in [2.75, 3.05) is 13.1 Å². The van der Waals surface area contributed by atoms with Crippen LogP contribution in [0.2, 0.25) is 0 Å². The summed E-state index contributed by atoms with van der Waals surface area (Å²) in [5, 5.41) is 8.79. The van der Waals surface area contributed by atoms with Gasteiger partial charge in [-0.05, 0) is 25.5 Å². The van der Waals surface area contributed by atoms with Crippen molar-refractivity contribution < 1.29 is 9.90 Å². The van der Waals surface area contributed by atoms with Crippen molar-refractivity contribution in [2.45, 2.75) is 39.7 Å². The summed E-state index contributed by atoms with van der Waals surface area (Å²) in [5.41, 5.74) is 2.53.